The zero-order valence-electron chi connectivity index (χ0n) is 13.0. The van der Waals surface area contributed by atoms with Crippen LogP contribution in [0.2, 0.25) is 0 Å². The summed E-state index contributed by atoms with van der Waals surface area (Å²) in [4.78, 5) is 12.2. The summed E-state index contributed by atoms with van der Waals surface area (Å²) < 4.78 is 0. The van der Waals surface area contributed by atoms with E-state index in [0.717, 1.165) is 19.3 Å². The van der Waals surface area contributed by atoms with Crippen molar-refractivity contribution in [3.05, 3.63) is 35.4 Å². The highest BCUT2D eigenvalue weighted by Gasteiger charge is 2.26. The van der Waals surface area contributed by atoms with Crippen LogP contribution in [-0.4, -0.2) is 23.5 Å². The first-order valence-electron chi connectivity index (χ1n) is 7.56. The second-order valence-corrected chi connectivity index (χ2v) is 6.49. The van der Waals surface area contributed by atoms with Crippen LogP contribution in [0.5, 0.6) is 0 Å². The minimum absolute atomic E-state index is 0.0906. The van der Waals surface area contributed by atoms with E-state index in [0.29, 0.717) is 6.04 Å². The lowest BCUT2D eigenvalue weighted by Crippen LogP contribution is -2.52. The van der Waals surface area contributed by atoms with E-state index in [9.17, 15) is 4.79 Å². The molecular formula is C17H26N2O. The molecule has 0 bridgehead atoms. The highest BCUT2D eigenvalue weighted by Crippen LogP contribution is 2.22. The van der Waals surface area contributed by atoms with Crippen molar-refractivity contribution in [2.24, 2.45) is 0 Å². The molecule has 2 N–H and O–H groups in total. The molecule has 3 nitrogen and oxygen atoms in total. The van der Waals surface area contributed by atoms with Gasteiger partial charge in [0.05, 0.1) is 6.04 Å². The van der Waals surface area contributed by atoms with Gasteiger partial charge < -0.3 is 10.6 Å². The maximum absolute atomic E-state index is 12.2. The molecule has 1 aromatic rings. The van der Waals surface area contributed by atoms with E-state index in [1.54, 1.807) is 0 Å². The van der Waals surface area contributed by atoms with Gasteiger partial charge in [-0.2, -0.15) is 0 Å². The Bertz CT molecular complexity index is 457. The Morgan fingerprint density at radius 2 is 1.85 bits per heavy atom. The predicted octanol–water partition coefficient (Wildman–Crippen LogP) is 2.44. The largest absolute Gasteiger partial charge is 0.350 e. The molecule has 0 spiro atoms. The Labute approximate surface area is 122 Å². The molecule has 0 fully saturated rings. The average Bonchev–Trinajstić information content (AvgIpc) is 2.80. The Hall–Kier alpha value is -1.35. The van der Waals surface area contributed by atoms with E-state index in [4.69, 9.17) is 0 Å². The molecule has 3 heteroatoms. The summed E-state index contributed by atoms with van der Waals surface area (Å²) in [5.41, 5.74) is 2.68. The summed E-state index contributed by atoms with van der Waals surface area (Å²) in [6.45, 7) is 8.15. The molecule has 0 radical (unpaired) electrons. The molecule has 0 aromatic heterocycles. The first kappa shape index (κ1) is 15.0. The van der Waals surface area contributed by atoms with Crippen molar-refractivity contribution in [3.63, 3.8) is 0 Å². The van der Waals surface area contributed by atoms with Gasteiger partial charge in [0.1, 0.15) is 0 Å². The van der Waals surface area contributed by atoms with Crippen LogP contribution in [0, 0.1) is 0 Å². The lowest BCUT2D eigenvalue weighted by atomic mass is 10.0. The lowest BCUT2D eigenvalue weighted by Gasteiger charge is -2.28. The SMILES string of the molecule is CCC(C)(C)NC(=O)C(C)NC1Cc2ccccc2C1. The molecule has 1 atom stereocenters. The number of carbonyl (C=O) groups is 1. The van der Waals surface area contributed by atoms with Crippen molar-refractivity contribution in [1.82, 2.24) is 10.6 Å². The Balaban J connectivity index is 1.87. The number of hydrogen-bond acceptors (Lipinski definition) is 2. The van der Waals surface area contributed by atoms with Gasteiger partial charge in [-0.25, -0.2) is 0 Å². The quantitative estimate of drug-likeness (QED) is 0.866. The molecule has 1 unspecified atom stereocenters. The van der Waals surface area contributed by atoms with Gasteiger partial charge in [-0.15, -0.1) is 0 Å². The first-order valence-corrected chi connectivity index (χ1v) is 7.56. The van der Waals surface area contributed by atoms with Crippen LogP contribution < -0.4 is 10.6 Å². The van der Waals surface area contributed by atoms with Gasteiger partial charge in [-0.05, 0) is 51.2 Å². The maximum atomic E-state index is 12.2. The number of carbonyl (C=O) groups excluding carboxylic acids is 1. The van der Waals surface area contributed by atoms with E-state index in [1.807, 2.05) is 6.92 Å². The molecular weight excluding hydrogens is 248 g/mol. The van der Waals surface area contributed by atoms with Gasteiger partial charge in [0.15, 0.2) is 0 Å². The van der Waals surface area contributed by atoms with Crippen molar-refractivity contribution >= 4 is 5.91 Å². The van der Waals surface area contributed by atoms with Crippen molar-refractivity contribution in [1.29, 1.82) is 0 Å². The van der Waals surface area contributed by atoms with Crippen LogP contribution in [-0.2, 0) is 17.6 Å². The van der Waals surface area contributed by atoms with E-state index >= 15 is 0 Å². The molecule has 0 saturated carbocycles. The second kappa shape index (κ2) is 5.96. The summed E-state index contributed by atoms with van der Waals surface area (Å²) in [7, 11) is 0. The van der Waals surface area contributed by atoms with Crippen molar-refractivity contribution in [3.8, 4) is 0 Å². The molecule has 1 aliphatic rings. The van der Waals surface area contributed by atoms with E-state index in [2.05, 4.69) is 55.7 Å². The summed E-state index contributed by atoms with van der Waals surface area (Å²) in [6.07, 6.45) is 2.97. The monoisotopic (exact) mass is 274 g/mol. The van der Waals surface area contributed by atoms with Gasteiger partial charge in [0.2, 0.25) is 5.91 Å². The van der Waals surface area contributed by atoms with Gasteiger partial charge in [0.25, 0.3) is 0 Å². The molecule has 110 valence electrons. The van der Waals surface area contributed by atoms with Gasteiger partial charge in [-0.3, -0.25) is 4.79 Å². The predicted molar refractivity (Wildman–Crippen MR) is 82.7 cm³/mol. The topological polar surface area (TPSA) is 41.1 Å². The number of amides is 1. The van der Waals surface area contributed by atoms with Crippen LogP contribution in [0.15, 0.2) is 24.3 Å². The third kappa shape index (κ3) is 3.60. The van der Waals surface area contributed by atoms with Crippen LogP contribution in [0.3, 0.4) is 0 Å². The van der Waals surface area contributed by atoms with Crippen LogP contribution in [0.4, 0.5) is 0 Å². The minimum atomic E-state index is -0.153. The van der Waals surface area contributed by atoms with Crippen LogP contribution >= 0.6 is 0 Å². The molecule has 2 rings (SSSR count). The molecule has 0 saturated heterocycles. The molecule has 0 heterocycles. The normalized spacial score (nSPS) is 16.8. The second-order valence-electron chi connectivity index (χ2n) is 6.49. The number of rotatable bonds is 5. The number of nitrogens with one attached hydrogen (secondary N) is 2. The lowest BCUT2D eigenvalue weighted by molar-refractivity contribution is -0.124. The van der Waals surface area contributed by atoms with Gasteiger partial charge >= 0.3 is 0 Å². The van der Waals surface area contributed by atoms with E-state index < -0.39 is 0 Å². The highest BCUT2D eigenvalue weighted by atomic mass is 16.2. The zero-order valence-corrected chi connectivity index (χ0v) is 13.0. The molecule has 1 amide bonds. The summed E-state index contributed by atoms with van der Waals surface area (Å²) in [6, 6.07) is 8.75. The van der Waals surface area contributed by atoms with Crippen molar-refractivity contribution in [2.45, 2.75) is 64.6 Å². The average molecular weight is 274 g/mol. The number of benzene rings is 1. The maximum Gasteiger partial charge on any atom is 0.237 e. The van der Waals surface area contributed by atoms with E-state index in [1.165, 1.54) is 11.1 Å². The third-order valence-corrected chi connectivity index (χ3v) is 4.28. The summed E-state index contributed by atoms with van der Waals surface area (Å²) >= 11 is 0. The van der Waals surface area contributed by atoms with Crippen LogP contribution in [0.25, 0.3) is 0 Å². The molecule has 1 aliphatic carbocycles. The van der Waals surface area contributed by atoms with Crippen molar-refractivity contribution < 1.29 is 4.79 Å². The Kier molecular flexibility index (Phi) is 4.48. The fourth-order valence-electron chi connectivity index (χ4n) is 2.64. The fraction of sp³-hybridized carbons (Fsp3) is 0.588. The van der Waals surface area contributed by atoms with Crippen LogP contribution in [0.1, 0.15) is 45.2 Å². The van der Waals surface area contributed by atoms with Gasteiger partial charge in [0, 0.05) is 11.6 Å². The molecule has 0 aliphatic heterocycles. The smallest absolute Gasteiger partial charge is 0.237 e. The van der Waals surface area contributed by atoms with Gasteiger partial charge in [-0.1, -0.05) is 31.2 Å². The number of hydrogen-bond donors (Lipinski definition) is 2. The highest BCUT2D eigenvalue weighted by molar-refractivity contribution is 5.82. The number of fused-ring (bicyclic) bond motifs is 1. The fourth-order valence-corrected chi connectivity index (χ4v) is 2.64. The minimum Gasteiger partial charge on any atom is -0.350 e. The first-order chi connectivity index (χ1) is 9.41. The Morgan fingerprint density at radius 3 is 2.35 bits per heavy atom. The van der Waals surface area contributed by atoms with Crippen molar-refractivity contribution in [2.75, 3.05) is 0 Å². The summed E-state index contributed by atoms with van der Waals surface area (Å²) in [5.74, 6) is 0.0906. The summed E-state index contributed by atoms with van der Waals surface area (Å²) in [5, 5.41) is 6.56. The molecule has 1 aromatic carbocycles. The zero-order chi connectivity index (χ0) is 14.8. The third-order valence-electron chi connectivity index (χ3n) is 4.28. The Morgan fingerprint density at radius 1 is 1.30 bits per heavy atom. The standard InChI is InChI=1S/C17H26N2O/c1-5-17(3,4)19-16(20)12(2)18-15-10-13-8-6-7-9-14(13)11-15/h6-9,12,15,18H,5,10-11H2,1-4H3,(H,19,20). The molecule has 20 heavy (non-hydrogen) atoms. The van der Waals surface area contributed by atoms with E-state index in [-0.39, 0.29) is 17.5 Å².